The van der Waals surface area contributed by atoms with Crippen molar-refractivity contribution >= 4 is 11.4 Å². The second-order valence-corrected chi connectivity index (χ2v) is 4.87. The molecule has 3 aromatic rings. The maximum absolute atomic E-state index is 11.7. The summed E-state index contributed by atoms with van der Waals surface area (Å²) in [6.07, 6.45) is 1.62. The highest BCUT2D eigenvalue weighted by Gasteiger charge is 2.22. The standard InChI is InChI=1S/C17H14N2O4/c1-2-23-17-14(15(21)16(17)22)19-10-6-7-13(20)11(9-10)12-5-3-4-8-18-12/h3-9,19-20H,2H2,1H3. The largest absolute Gasteiger partial charge is 0.507 e. The maximum atomic E-state index is 11.7. The lowest BCUT2D eigenvalue weighted by atomic mass is 10.1. The molecule has 0 aliphatic rings. The van der Waals surface area contributed by atoms with Crippen molar-refractivity contribution in [3.63, 3.8) is 0 Å². The zero-order valence-electron chi connectivity index (χ0n) is 12.4. The topological polar surface area (TPSA) is 88.5 Å². The minimum absolute atomic E-state index is 0.0463. The first kappa shape index (κ1) is 14.8. The van der Waals surface area contributed by atoms with Gasteiger partial charge in [-0.3, -0.25) is 14.6 Å². The number of nitrogens with zero attached hydrogens (tertiary/aromatic N) is 1. The number of anilines is 2. The van der Waals surface area contributed by atoms with Gasteiger partial charge >= 0.3 is 0 Å². The molecular formula is C17H14N2O4. The molecule has 0 amide bonds. The highest BCUT2D eigenvalue weighted by Crippen LogP contribution is 2.32. The Morgan fingerprint density at radius 2 is 2.00 bits per heavy atom. The Morgan fingerprint density at radius 3 is 2.70 bits per heavy atom. The Hall–Kier alpha value is -3.15. The van der Waals surface area contributed by atoms with E-state index in [2.05, 4.69) is 10.3 Å². The van der Waals surface area contributed by atoms with E-state index in [1.807, 2.05) is 6.07 Å². The van der Waals surface area contributed by atoms with Crippen LogP contribution in [0.4, 0.5) is 11.4 Å². The van der Waals surface area contributed by atoms with Gasteiger partial charge in [-0.05, 0) is 37.3 Å². The number of pyridine rings is 1. The molecule has 116 valence electrons. The van der Waals surface area contributed by atoms with E-state index in [4.69, 9.17) is 4.74 Å². The third kappa shape index (κ3) is 2.66. The van der Waals surface area contributed by atoms with E-state index < -0.39 is 10.9 Å². The summed E-state index contributed by atoms with van der Waals surface area (Å²) >= 11 is 0. The van der Waals surface area contributed by atoms with Gasteiger partial charge in [-0.2, -0.15) is 0 Å². The van der Waals surface area contributed by atoms with Gasteiger partial charge in [0.15, 0.2) is 5.75 Å². The van der Waals surface area contributed by atoms with Crippen LogP contribution >= 0.6 is 0 Å². The molecule has 0 bridgehead atoms. The first-order chi connectivity index (χ1) is 11.1. The van der Waals surface area contributed by atoms with Crippen LogP contribution in [-0.4, -0.2) is 16.7 Å². The summed E-state index contributed by atoms with van der Waals surface area (Å²) < 4.78 is 5.17. The predicted octanol–water partition coefficient (Wildman–Crippen LogP) is 2.19. The number of phenolic OH excluding ortho intramolecular Hbond substituents is 1. The second-order valence-electron chi connectivity index (χ2n) is 4.87. The molecule has 0 atom stereocenters. The molecule has 2 N–H and O–H groups in total. The first-order valence-corrected chi connectivity index (χ1v) is 7.09. The minimum atomic E-state index is -0.627. The first-order valence-electron chi connectivity index (χ1n) is 7.09. The summed E-state index contributed by atoms with van der Waals surface area (Å²) in [5.41, 5.74) is 0.570. The molecule has 0 aliphatic heterocycles. The van der Waals surface area contributed by atoms with Crippen molar-refractivity contribution in [2.24, 2.45) is 0 Å². The van der Waals surface area contributed by atoms with E-state index in [1.165, 1.54) is 6.07 Å². The number of benzene rings is 1. The second kappa shape index (κ2) is 5.92. The van der Waals surface area contributed by atoms with Crippen molar-refractivity contribution < 1.29 is 9.84 Å². The number of aromatic hydroxyl groups is 1. The van der Waals surface area contributed by atoms with E-state index in [1.54, 1.807) is 37.4 Å². The third-order valence-electron chi connectivity index (χ3n) is 3.36. The Kier molecular flexibility index (Phi) is 3.80. The van der Waals surface area contributed by atoms with Crippen molar-refractivity contribution in [2.75, 3.05) is 11.9 Å². The summed E-state index contributed by atoms with van der Waals surface area (Å²) in [5.74, 6) is 0.120. The van der Waals surface area contributed by atoms with Crippen molar-refractivity contribution in [1.82, 2.24) is 4.98 Å². The number of hydrogen-bond acceptors (Lipinski definition) is 6. The molecule has 0 saturated carbocycles. The third-order valence-corrected chi connectivity index (χ3v) is 3.36. The monoisotopic (exact) mass is 310 g/mol. The molecule has 0 radical (unpaired) electrons. The van der Waals surface area contributed by atoms with Gasteiger partial charge in [0.1, 0.15) is 11.4 Å². The van der Waals surface area contributed by atoms with Crippen LogP contribution in [0.3, 0.4) is 0 Å². The van der Waals surface area contributed by atoms with Gasteiger partial charge in [0, 0.05) is 17.4 Å². The fourth-order valence-electron chi connectivity index (χ4n) is 2.25. The van der Waals surface area contributed by atoms with Crippen molar-refractivity contribution in [3.05, 3.63) is 63.0 Å². The predicted molar refractivity (Wildman–Crippen MR) is 87.1 cm³/mol. The van der Waals surface area contributed by atoms with Gasteiger partial charge in [-0.15, -0.1) is 0 Å². The molecular weight excluding hydrogens is 296 g/mol. The van der Waals surface area contributed by atoms with Crippen molar-refractivity contribution in [2.45, 2.75) is 6.92 Å². The zero-order valence-corrected chi connectivity index (χ0v) is 12.4. The van der Waals surface area contributed by atoms with E-state index in [0.717, 1.165) is 0 Å². The number of aromatic nitrogens is 1. The summed E-state index contributed by atoms with van der Waals surface area (Å²) in [4.78, 5) is 27.3. The van der Waals surface area contributed by atoms with E-state index in [0.29, 0.717) is 23.6 Å². The average molecular weight is 310 g/mol. The molecule has 23 heavy (non-hydrogen) atoms. The zero-order chi connectivity index (χ0) is 16.4. The van der Waals surface area contributed by atoms with Gasteiger partial charge in [-0.1, -0.05) is 6.07 Å². The number of rotatable bonds is 5. The van der Waals surface area contributed by atoms with Crippen LogP contribution in [-0.2, 0) is 0 Å². The fourth-order valence-corrected chi connectivity index (χ4v) is 2.25. The molecule has 1 heterocycles. The summed E-state index contributed by atoms with van der Waals surface area (Å²) in [6.45, 7) is 2.04. The Balaban J connectivity index is 1.95. The van der Waals surface area contributed by atoms with Gasteiger partial charge in [-0.25, -0.2) is 0 Å². The molecule has 1 aromatic heterocycles. The lowest BCUT2D eigenvalue weighted by Crippen LogP contribution is -2.35. The van der Waals surface area contributed by atoms with Crippen LogP contribution in [0.2, 0.25) is 0 Å². The lowest BCUT2D eigenvalue weighted by Gasteiger charge is -2.14. The molecule has 6 heteroatoms. The average Bonchev–Trinajstić information content (AvgIpc) is 2.59. The summed E-state index contributed by atoms with van der Waals surface area (Å²) in [6, 6.07) is 10.1. The van der Waals surface area contributed by atoms with Crippen LogP contribution in [0.1, 0.15) is 6.92 Å². The van der Waals surface area contributed by atoms with Gasteiger partial charge in [0.2, 0.25) is 0 Å². The Bertz CT molecular complexity index is 912. The normalized spacial score (nSPS) is 10.7. The minimum Gasteiger partial charge on any atom is -0.507 e. The SMILES string of the molecule is CCOc1c(Nc2ccc(O)c(-c3ccccn3)c2)c(=O)c1=O. The quantitative estimate of drug-likeness (QED) is 0.555. The molecule has 0 aliphatic carbocycles. The Morgan fingerprint density at radius 1 is 1.17 bits per heavy atom. The van der Waals surface area contributed by atoms with E-state index in [-0.39, 0.29) is 17.2 Å². The van der Waals surface area contributed by atoms with E-state index in [9.17, 15) is 14.7 Å². The number of nitrogens with one attached hydrogen (secondary N) is 1. The van der Waals surface area contributed by atoms with Crippen LogP contribution in [0.25, 0.3) is 11.3 Å². The summed E-state index contributed by atoms with van der Waals surface area (Å²) in [5, 5.41) is 12.9. The summed E-state index contributed by atoms with van der Waals surface area (Å²) in [7, 11) is 0. The number of ether oxygens (including phenoxy) is 1. The van der Waals surface area contributed by atoms with Crippen LogP contribution < -0.4 is 20.9 Å². The van der Waals surface area contributed by atoms with Gasteiger partial charge in [0.25, 0.3) is 10.9 Å². The van der Waals surface area contributed by atoms with Gasteiger partial charge < -0.3 is 15.2 Å². The van der Waals surface area contributed by atoms with Crippen LogP contribution in [0.15, 0.2) is 52.2 Å². The molecule has 2 aromatic carbocycles. The Labute approximate surface area is 131 Å². The van der Waals surface area contributed by atoms with Crippen LogP contribution in [0.5, 0.6) is 11.5 Å². The molecule has 6 nitrogen and oxygen atoms in total. The highest BCUT2D eigenvalue weighted by atomic mass is 16.5. The highest BCUT2D eigenvalue weighted by molar-refractivity contribution is 5.76. The molecule has 0 fully saturated rings. The van der Waals surface area contributed by atoms with Crippen molar-refractivity contribution in [1.29, 1.82) is 0 Å². The van der Waals surface area contributed by atoms with E-state index >= 15 is 0 Å². The maximum Gasteiger partial charge on any atom is 0.272 e. The molecule has 0 saturated heterocycles. The number of hydrogen-bond donors (Lipinski definition) is 2. The fraction of sp³-hybridized carbons (Fsp3) is 0.118. The number of phenols is 1. The lowest BCUT2D eigenvalue weighted by molar-refractivity contribution is 0.335. The van der Waals surface area contributed by atoms with Gasteiger partial charge in [0.05, 0.1) is 12.3 Å². The van der Waals surface area contributed by atoms with Crippen molar-refractivity contribution in [3.8, 4) is 22.8 Å². The molecule has 0 spiro atoms. The smallest absolute Gasteiger partial charge is 0.272 e. The molecule has 3 rings (SSSR count). The molecule has 0 unspecified atom stereocenters. The van der Waals surface area contributed by atoms with Crippen LogP contribution in [0, 0.1) is 0 Å².